The zero-order chi connectivity index (χ0) is 11.4. The third kappa shape index (κ3) is 2.48. The van der Waals surface area contributed by atoms with Crippen LogP contribution in [0.25, 0.3) is 0 Å². The lowest BCUT2D eigenvalue weighted by atomic mass is 10.2. The highest BCUT2D eigenvalue weighted by molar-refractivity contribution is 5.81. The van der Waals surface area contributed by atoms with Crippen LogP contribution >= 0.6 is 0 Å². The summed E-state index contributed by atoms with van der Waals surface area (Å²) in [6.07, 6.45) is 1.73. The summed E-state index contributed by atoms with van der Waals surface area (Å²) in [6, 6.07) is 9.40. The van der Waals surface area contributed by atoms with Crippen LogP contribution in [0.4, 0.5) is 5.82 Å². The van der Waals surface area contributed by atoms with Crippen molar-refractivity contribution < 1.29 is 9.26 Å². The summed E-state index contributed by atoms with van der Waals surface area (Å²) >= 11 is 0. The molecule has 4 heteroatoms. The lowest BCUT2D eigenvalue weighted by Gasteiger charge is -1.98. The molecule has 0 saturated heterocycles. The Hall–Kier alpha value is -2.10. The van der Waals surface area contributed by atoms with Crippen LogP contribution in [-0.4, -0.2) is 18.5 Å². The van der Waals surface area contributed by atoms with Gasteiger partial charge in [-0.15, -0.1) is 0 Å². The smallest absolute Gasteiger partial charge is 0.195 e. The molecule has 0 unspecified atom stereocenters. The Morgan fingerprint density at radius 2 is 2.06 bits per heavy atom. The van der Waals surface area contributed by atoms with E-state index >= 15 is 0 Å². The largest absolute Gasteiger partial charge is 0.497 e. The summed E-state index contributed by atoms with van der Waals surface area (Å²) in [5.41, 5.74) is 0.987. The molecule has 82 valence electrons. The van der Waals surface area contributed by atoms with E-state index in [0.29, 0.717) is 5.82 Å². The van der Waals surface area contributed by atoms with Gasteiger partial charge in [-0.25, -0.2) is 4.99 Å². The molecule has 0 atom stereocenters. The minimum Gasteiger partial charge on any atom is -0.497 e. The molecule has 0 bridgehead atoms. The van der Waals surface area contributed by atoms with Gasteiger partial charge in [-0.05, 0) is 36.8 Å². The molecular weight excluding hydrogens is 204 g/mol. The van der Waals surface area contributed by atoms with Gasteiger partial charge in [-0.1, -0.05) is 5.16 Å². The number of ether oxygens (including phenoxy) is 1. The van der Waals surface area contributed by atoms with Crippen molar-refractivity contribution in [1.29, 1.82) is 0 Å². The van der Waals surface area contributed by atoms with E-state index in [-0.39, 0.29) is 0 Å². The maximum Gasteiger partial charge on any atom is 0.195 e. The van der Waals surface area contributed by atoms with Crippen molar-refractivity contribution in [3.63, 3.8) is 0 Å². The van der Waals surface area contributed by atoms with E-state index in [0.717, 1.165) is 17.1 Å². The van der Waals surface area contributed by atoms with Crippen molar-refractivity contribution >= 4 is 12.0 Å². The van der Waals surface area contributed by atoms with E-state index in [9.17, 15) is 0 Å². The number of hydrogen-bond donors (Lipinski definition) is 0. The van der Waals surface area contributed by atoms with Crippen molar-refractivity contribution in [1.82, 2.24) is 5.16 Å². The van der Waals surface area contributed by atoms with E-state index in [2.05, 4.69) is 10.1 Å². The lowest BCUT2D eigenvalue weighted by molar-refractivity contribution is 0.399. The van der Waals surface area contributed by atoms with Gasteiger partial charge in [0.1, 0.15) is 11.5 Å². The number of aromatic nitrogens is 1. The summed E-state index contributed by atoms with van der Waals surface area (Å²) in [5, 5.41) is 3.77. The van der Waals surface area contributed by atoms with Gasteiger partial charge in [-0.2, -0.15) is 0 Å². The predicted molar refractivity (Wildman–Crippen MR) is 61.5 cm³/mol. The molecule has 2 aromatic rings. The number of nitrogens with zero attached hydrogens (tertiary/aromatic N) is 2. The van der Waals surface area contributed by atoms with Crippen LogP contribution in [0.2, 0.25) is 0 Å². The summed E-state index contributed by atoms with van der Waals surface area (Å²) in [7, 11) is 1.64. The number of rotatable bonds is 3. The molecule has 0 aliphatic carbocycles. The Morgan fingerprint density at radius 1 is 1.31 bits per heavy atom. The molecule has 1 aromatic heterocycles. The molecule has 0 aliphatic heterocycles. The van der Waals surface area contributed by atoms with Gasteiger partial charge < -0.3 is 9.26 Å². The Kier molecular flexibility index (Phi) is 3.00. The van der Waals surface area contributed by atoms with Crippen LogP contribution < -0.4 is 4.74 Å². The fourth-order valence-corrected chi connectivity index (χ4v) is 1.24. The summed E-state index contributed by atoms with van der Waals surface area (Å²) in [6.45, 7) is 1.83. The van der Waals surface area contributed by atoms with Gasteiger partial charge >= 0.3 is 0 Å². The Labute approximate surface area is 93.6 Å². The molecule has 0 saturated carbocycles. The quantitative estimate of drug-likeness (QED) is 0.741. The fraction of sp³-hybridized carbons (Fsp3) is 0.167. The SMILES string of the molecule is COc1ccc(C=Nc2cc(C)on2)cc1. The van der Waals surface area contributed by atoms with E-state index < -0.39 is 0 Å². The van der Waals surface area contributed by atoms with Gasteiger partial charge in [0, 0.05) is 12.3 Å². The number of aryl methyl sites for hydroxylation is 1. The molecule has 0 aliphatic rings. The molecular formula is C12H12N2O2. The van der Waals surface area contributed by atoms with Gasteiger partial charge in [0.05, 0.1) is 7.11 Å². The monoisotopic (exact) mass is 216 g/mol. The van der Waals surface area contributed by atoms with Crippen molar-refractivity contribution in [2.24, 2.45) is 4.99 Å². The van der Waals surface area contributed by atoms with Crippen molar-refractivity contribution in [3.05, 3.63) is 41.7 Å². The first-order valence-corrected chi connectivity index (χ1v) is 4.89. The standard InChI is InChI=1S/C12H12N2O2/c1-9-7-12(14-16-9)13-8-10-3-5-11(15-2)6-4-10/h3-8H,1-2H3. The first kappa shape index (κ1) is 10.4. The van der Waals surface area contributed by atoms with E-state index in [4.69, 9.17) is 9.26 Å². The van der Waals surface area contributed by atoms with Crippen LogP contribution in [0.15, 0.2) is 39.8 Å². The topological polar surface area (TPSA) is 47.6 Å². The fourth-order valence-electron chi connectivity index (χ4n) is 1.24. The summed E-state index contributed by atoms with van der Waals surface area (Å²) < 4.78 is 9.97. The molecule has 2 rings (SSSR count). The zero-order valence-electron chi connectivity index (χ0n) is 9.18. The molecule has 0 amide bonds. The second-order valence-corrected chi connectivity index (χ2v) is 3.33. The maximum atomic E-state index is 5.06. The summed E-state index contributed by atoms with van der Waals surface area (Å²) in [5.74, 6) is 2.16. The second kappa shape index (κ2) is 4.61. The molecule has 0 N–H and O–H groups in total. The van der Waals surface area contributed by atoms with Gasteiger partial charge in [0.25, 0.3) is 0 Å². The highest BCUT2D eigenvalue weighted by atomic mass is 16.5. The van der Waals surface area contributed by atoms with Gasteiger partial charge in [0.2, 0.25) is 0 Å². The zero-order valence-corrected chi connectivity index (χ0v) is 9.18. The molecule has 0 radical (unpaired) electrons. The normalized spacial score (nSPS) is 10.9. The first-order chi connectivity index (χ1) is 7.78. The minimum absolute atomic E-state index is 0.577. The molecule has 4 nitrogen and oxygen atoms in total. The van der Waals surface area contributed by atoms with Gasteiger partial charge in [0.15, 0.2) is 5.82 Å². The van der Waals surface area contributed by atoms with Crippen molar-refractivity contribution in [2.75, 3.05) is 7.11 Å². The third-order valence-corrected chi connectivity index (χ3v) is 2.08. The average molecular weight is 216 g/mol. The van der Waals surface area contributed by atoms with Crippen LogP contribution in [0.3, 0.4) is 0 Å². The number of benzene rings is 1. The average Bonchev–Trinajstić information content (AvgIpc) is 2.73. The number of methoxy groups -OCH3 is 1. The van der Waals surface area contributed by atoms with E-state index in [1.165, 1.54) is 0 Å². The van der Waals surface area contributed by atoms with E-state index in [1.807, 2.05) is 31.2 Å². The third-order valence-electron chi connectivity index (χ3n) is 2.08. The predicted octanol–water partition coefficient (Wildman–Crippen LogP) is 2.74. The Balaban J connectivity index is 2.11. The van der Waals surface area contributed by atoms with Crippen molar-refractivity contribution in [2.45, 2.75) is 6.92 Å². The summed E-state index contributed by atoms with van der Waals surface area (Å²) in [4.78, 5) is 4.18. The molecule has 1 aromatic carbocycles. The first-order valence-electron chi connectivity index (χ1n) is 4.89. The highest BCUT2D eigenvalue weighted by Gasteiger charge is 1.96. The van der Waals surface area contributed by atoms with Crippen LogP contribution in [0.5, 0.6) is 5.75 Å². The highest BCUT2D eigenvalue weighted by Crippen LogP contribution is 2.13. The lowest BCUT2D eigenvalue weighted by Crippen LogP contribution is -1.84. The molecule has 0 spiro atoms. The van der Waals surface area contributed by atoms with Crippen LogP contribution in [0, 0.1) is 6.92 Å². The maximum absolute atomic E-state index is 5.06. The Morgan fingerprint density at radius 3 is 2.62 bits per heavy atom. The molecule has 0 fully saturated rings. The van der Waals surface area contributed by atoms with Crippen LogP contribution in [-0.2, 0) is 0 Å². The number of aliphatic imine (C=N–C) groups is 1. The minimum atomic E-state index is 0.577. The van der Waals surface area contributed by atoms with Gasteiger partial charge in [-0.3, -0.25) is 0 Å². The molecule has 1 heterocycles. The van der Waals surface area contributed by atoms with E-state index in [1.54, 1.807) is 19.4 Å². The number of hydrogen-bond acceptors (Lipinski definition) is 4. The Bertz CT molecular complexity index is 486. The van der Waals surface area contributed by atoms with Crippen molar-refractivity contribution in [3.8, 4) is 5.75 Å². The van der Waals surface area contributed by atoms with Crippen LogP contribution in [0.1, 0.15) is 11.3 Å². The second-order valence-electron chi connectivity index (χ2n) is 3.33. The molecule has 16 heavy (non-hydrogen) atoms.